The molecule has 2 aromatic carbocycles. The molecule has 0 spiro atoms. The van der Waals surface area contributed by atoms with Crippen molar-refractivity contribution in [3.8, 4) is 20.9 Å². The van der Waals surface area contributed by atoms with Gasteiger partial charge in [0.25, 0.3) is 0 Å². The fourth-order valence-corrected chi connectivity index (χ4v) is 14.4. The molecule has 0 saturated heterocycles. The van der Waals surface area contributed by atoms with Crippen LogP contribution in [0.5, 0.6) is 0 Å². The molecule has 2 unspecified atom stereocenters. The summed E-state index contributed by atoms with van der Waals surface area (Å²) >= 11 is 6.66. The minimum absolute atomic E-state index is 0.727. The Balaban J connectivity index is 1.25. The number of hydrogen-bond acceptors (Lipinski definition) is 8. The molecule has 0 aliphatic rings. The molecule has 0 saturated carbocycles. The van der Waals surface area contributed by atoms with E-state index < -0.39 is 0 Å². The molecule has 376 valence electrons. The first-order chi connectivity index (χ1) is 33.4. The van der Waals surface area contributed by atoms with Crippen LogP contribution >= 0.6 is 46.1 Å². The Bertz CT molecular complexity index is 2130. The van der Waals surface area contributed by atoms with Crippen LogP contribution in [0.1, 0.15) is 254 Å². The van der Waals surface area contributed by atoms with Gasteiger partial charge in [-0.25, -0.2) is 0 Å². The van der Waals surface area contributed by atoms with Crippen molar-refractivity contribution < 1.29 is 0 Å². The second kappa shape index (κ2) is 31.3. The fourth-order valence-electron chi connectivity index (χ4n) is 11.2. The number of fused-ring (bicyclic) bond motifs is 5. The SMILES string of the molecule is CCCCCCCCCCC(CCCCCCCC)Cc1cc(C)sc1-c1cc2c(cc(-c3sc(C)cc3CC(CCCCCCCC)CCCCCCCCCC)c3nsnc32)c2nsnc12. The van der Waals surface area contributed by atoms with Gasteiger partial charge in [0.1, 0.15) is 22.1 Å². The maximum absolute atomic E-state index is 5.11. The van der Waals surface area contributed by atoms with Crippen LogP contribution in [-0.4, -0.2) is 17.5 Å². The molecule has 4 aromatic heterocycles. The maximum atomic E-state index is 5.11. The number of hydrogen-bond donors (Lipinski definition) is 0. The van der Waals surface area contributed by atoms with E-state index in [2.05, 4.69) is 65.8 Å². The molecule has 0 N–H and O–H groups in total. The summed E-state index contributed by atoms with van der Waals surface area (Å²) in [6.07, 6.45) is 46.4. The van der Waals surface area contributed by atoms with Crippen LogP contribution in [0.3, 0.4) is 0 Å². The number of nitrogens with zero attached hydrogens (tertiary/aromatic N) is 4. The Labute approximate surface area is 431 Å². The lowest BCUT2D eigenvalue weighted by molar-refractivity contribution is 0.401. The van der Waals surface area contributed by atoms with Crippen molar-refractivity contribution in [3.63, 3.8) is 0 Å². The minimum atomic E-state index is 0.727. The molecule has 0 aliphatic carbocycles. The van der Waals surface area contributed by atoms with Crippen molar-refractivity contribution in [2.45, 2.75) is 260 Å². The van der Waals surface area contributed by atoms with Crippen LogP contribution in [0.15, 0.2) is 24.3 Å². The molecule has 0 radical (unpaired) electrons. The topological polar surface area (TPSA) is 51.6 Å². The largest absolute Gasteiger partial charge is 0.172 e. The Kier molecular flexibility index (Phi) is 25.3. The molecule has 2 atom stereocenters. The van der Waals surface area contributed by atoms with E-state index in [-0.39, 0.29) is 0 Å². The maximum Gasteiger partial charge on any atom is 0.114 e. The van der Waals surface area contributed by atoms with Crippen LogP contribution in [-0.2, 0) is 12.8 Å². The summed E-state index contributed by atoms with van der Waals surface area (Å²) < 4.78 is 20.4. The Morgan fingerprint density at radius 1 is 0.353 bits per heavy atom. The smallest absolute Gasteiger partial charge is 0.114 e. The second-order valence-corrected chi connectivity index (χ2v) is 24.6. The average molecular weight is 998 g/mol. The van der Waals surface area contributed by atoms with Gasteiger partial charge in [0, 0.05) is 41.4 Å². The lowest BCUT2D eigenvalue weighted by atomic mass is 9.87. The van der Waals surface area contributed by atoms with Gasteiger partial charge >= 0.3 is 0 Å². The summed E-state index contributed by atoms with van der Waals surface area (Å²) in [5.74, 6) is 1.45. The first-order valence-corrected chi connectivity index (χ1v) is 31.6. The van der Waals surface area contributed by atoms with E-state index in [1.807, 2.05) is 22.7 Å². The van der Waals surface area contributed by atoms with Crippen molar-refractivity contribution in [2.24, 2.45) is 11.8 Å². The van der Waals surface area contributed by atoms with Crippen LogP contribution in [0.4, 0.5) is 0 Å². The molecule has 6 aromatic rings. The number of benzene rings is 2. The Morgan fingerprint density at radius 3 is 0.941 bits per heavy atom. The van der Waals surface area contributed by atoms with Gasteiger partial charge in [-0.15, -0.1) is 22.7 Å². The third kappa shape index (κ3) is 16.9. The second-order valence-electron chi connectivity index (χ2n) is 21.1. The molecule has 0 bridgehead atoms. The zero-order chi connectivity index (χ0) is 47.8. The number of thiophene rings is 2. The molecule has 8 heteroatoms. The molecule has 68 heavy (non-hydrogen) atoms. The van der Waals surface area contributed by atoms with Crippen molar-refractivity contribution >= 4 is 79.0 Å². The Morgan fingerprint density at radius 2 is 0.632 bits per heavy atom. The highest BCUT2D eigenvalue weighted by Crippen LogP contribution is 2.46. The molecule has 0 aliphatic heterocycles. The van der Waals surface area contributed by atoms with Crippen molar-refractivity contribution in [1.82, 2.24) is 17.5 Å². The summed E-state index contributed by atoms with van der Waals surface area (Å²) in [6, 6.07) is 9.89. The van der Waals surface area contributed by atoms with E-state index in [9.17, 15) is 0 Å². The lowest BCUT2D eigenvalue weighted by Gasteiger charge is -2.18. The van der Waals surface area contributed by atoms with Crippen LogP contribution in [0.25, 0.3) is 53.7 Å². The predicted molar refractivity (Wildman–Crippen MR) is 307 cm³/mol. The molecule has 6 rings (SSSR count). The minimum Gasteiger partial charge on any atom is -0.172 e. The molecule has 4 heterocycles. The van der Waals surface area contributed by atoms with Gasteiger partial charge in [-0.1, -0.05) is 233 Å². The van der Waals surface area contributed by atoms with E-state index in [0.29, 0.717) is 0 Å². The third-order valence-electron chi connectivity index (χ3n) is 15.1. The van der Waals surface area contributed by atoms with Crippen molar-refractivity contribution in [3.05, 3.63) is 45.1 Å². The van der Waals surface area contributed by atoms with Gasteiger partial charge in [0.2, 0.25) is 0 Å². The Hall–Kier alpha value is -2.26. The lowest BCUT2D eigenvalue weighted by Crippen LogP contribution is -2.06. The zero-order valence-corrected chi connectivity index (χ0v) is 47.2. The molecular formula is C60H92N4S4. The van der Waals surface area contributed by atoms with E-state index >= 15 is 0 Å². The number of rotatable bonds is 38. The quantitative estimate of drug-likeness (QED) is 0.0363. The van der Waals surface area contributed by atoms with Crippen LogP contribution < -0.4 is 0 Å². The summed E-state index contributed by atoms with van der Waals surface area (Å²) in [4.78, 5) is 5.59. The third-order valence-corrected chi connectivity index (χ3v) is 18.4. The van der Waals surface area contributed by atoms with Gasteiger partial charge in [-0.3, -0.25) is 0 Å². The zero-order valence-electron chi connectivity index (χ0n) is 43.9. The number of aryl methyl sites for hydroxylation is 2. The van der Waals surface area contributed by atoms with Crippen molar-refractivity contribution in [2.75, 3.05) is 0 Å². The van der Waals surface area contributed by atoms with Gasteiger partial charge in [-0.2, -0.15) is 17.5 Å². The summed E-state index contributed by atoms with van der Waals surface area (Å²) in [7, 11) is 0. The van der Waals surface area contributed by atoms with Gasteiger partial charge in [0.15, 0.2) is 0 Å². The van der Waals surface area contributed by atoms with Gasteiger partial charge in [0.05, 0.1) is 23.5 Å². The molecular weight excluding hydrogens is 905 g/mol. The standard InChI is InChI=1S/C60H92N4S4/c1-7-11-15-19-23-25-29-33-37-47(35-31-27-21-17-13-9-3)41-49-39-45(5)65-59(49)53-43-51-52(55-57(53)63-67-61-55)44-54(58-56(51)62-68-64-58)60-50(40-46(6)66-60)42-48(36-32-28-22-18-14-10-4)38-34-30-26-24-20-16-12-8-2/h39-40,43-44,47-48H,7-38,41-42H2,1-6H3. The van der Waals surface area contributed by atoms with E-state index in [1.54, 1.807) is 0 Å². The molecule has 4 nitrogen and oxygen atoms in total. The fraction of sp³-hybridized carbons (Fsp3) is 0.700. The molecule has 0 fully saturated rings. The van der Waals surface area contributed by atoms with Gasteiger partial charge in [-0.05, 0) is 73.9 Å². The van der Waals surface area contributed by atoms with E-state index in [4.69, 9.17) is 17.5 Å². The summed E-state index contributed by atoms with van der Waals surface area (Å²) in [5.41, 5.74) is 9.70. The number of unbranched alkanes of at least 4 members (excludes halogenated alkanes) is 24. The summed E-state index contributed by atoms with van der Waals surface area (Å²) in [5, 5.41) is 2.36. The highest BCUT2D eigenvalue weighted by Gasteiger charge is 2.25. The summed E-state index contributed by atoms with van der Waals surface area (Å²) in [6.45, 7) is 13.9. The first kappa shape index (κ1) is 55.1. The highest BCUT2D eigenvalue weighted by molar-refractivity contribution is 7.16. The van der Waals surface area contributed by atoms with E-state index in [1.165, 1.54) is 281 Å². The monoisotopic (exact) mass is 997 g/mol. The van der Waals surface area contributed by atoms with Crippen molar-refractivity contribution in [1.29, 1.82) is 0 Å². The molecule has 0 amide bonds. The average Bonchev–Trinajstić information content (AvgIpc) is 4.17. The normalized spacial score (nSPS) is 13.0. The van der Waals surface area contributed by atoms with Crippen LogP contribution in [0, 0.1) is 25.7 Å². The predicted octanol–water partition coefficient (Wildman–Crippen LogP) is 21.8. The van der Waals surface area contributed by atoms with E-state index in [0.717, 1.165) is 46.7 Å². The van der Waals surface area contributed by atoms with Crippen LogP contribution in [0.2, 0.25) is 0 Å². The number of aromatic nitrogens is 4. The van der Waals surface area contributed by atoms with Gasteiger partial charge < -0.3 is 0 Å². The highest BCUT2D eigenvalue weighted by atomic mass is 32.1. The first-order valence-electron chi connectivity index (χ1n) is 28.5.